The van der Waals surface area contributed by atoms with Crippen molar-refractivity contribution in [2.45, 2.75) is 40.5 Å². The maximum Gasteiger partial charge on any atom is 0.330 e. The molecule has 0 radical (unpaired) electrons. The molecule has 1 heterocycles. The van der Waals surface area contributed by atoms with Gasteiger partial charge in [0.05, 0.1) is 18.1 Å². The summed E-state index contributed by atoms with van der Waals surface area (Å²) in [6.45, 7) is 9.02. The van der Waals surface area contributed by atoms with Gasteiger partial charge in [0, 0.05) is 6.08 Å². The Morgan fingerprint density at radius 2 is 2.00 bits per heavy atom. The highest BCUT2D eigenvalue weighted by atomic mass is 32.1. The topological polar surface area (TPSA) is 35.5 Å². The average Bonchev–Trinajstić information content (AvgIpc) is 3.01. The van der Waals surface area contributed by atoms with Gasteiger partial charge >= 0.3 is 5.97 Å². The fourth-order valence-corrected chi connectivity index (χ4v) is 2.64. The summed E-state index contributed by atoms with van der Waals surface area (Å²) in [6, 6.07) is 2.02. The molecule has 0 saturated carbocycles. The number of ether oxygens (including phenoxy) is 2. The molecule has 0 amide bonds. The number of rotatable bonds is 10. The second-order valence-corrected chi connectivity index (χ2v) is 6.54. The molecule has 1 aromatic heterocycles. The Labute approximate surface area is 155 Å². The van der Waals surface area contributed by atoms with Crippen molar-refractivity contribution in [3.05, 3.63) is 57.8 Å². The van der Waals surface area contributed by atoms with Crippen molar-refractivity contribution in [2.24, 2.45) is 0 Å². The fraction of sp³-hybridized carbons (Fsp3) is 0.381. The molecule has 4 heteroatoms. The maximum atomic E-state index is 11.3. The van der Waals surface area contributed by atoms with E-state index in [1.807, 2.05) is 43.5 Å². The van der Waals surface area contributed by atoms with Gasteiger partial charge in [-0.1, -0.05) is 43.2 Å². The molecule has 0 atom stereocenters. The lowest BCUT2D eigenvalue weighted by molar-refractivity contribution is -0.137. The third kappa shape index (κ3) is 9.11. The van der Waals surface area contributed by atoms with Crippen molar-refractivity contribution < 1.29 is 14.3 Å². The van der Waals surface area contributed by atoms with Crippen LogP contribution in [0, 0.1) is 0 Å². The van der Waals surface area contributed by atoms with Crippen LogP contribution >= 0.6 is 11.3 Å². The normalized spacial score (nSPS) is 13.0. The van der Waals surface area contributed by atoms with Crippen LogP contribution in [0.15, 0.2) is 53.0 Å². The molecule has 0 fully saturated rings. The number of carbonyl (C=O) groups excluding carboxylic acids is 1. The Hall–Kier alpha value is -2.07. The van der Waals surface area contributed by atoms with Crippen molar-refractivity contribution in [1.29, 1.82) is 0 Å². The van der Waals surface area contributed by atoms with E-state index in [9.17, 15) is 4.79 Å². The number of thiophene rings is 1. The molecule has 136 valence electrons. The molecule has 0 N–H and O–H groups in total. The monoisotopic (exact) mass is 360 g/mol. The van der Waals surface area contributed by atoms with Gasteiger partial charge in [-0.15, -0.1) is 11.3 Å². The molecule has 0 aliphatic carbocycles. The maximum absolute atomic E-state index is 11.3. The minimum absolute atomic E-state index is 0.307. The van der Waals surface area contributed by atoms with Crippen LogP contribution in [0.1, 0.15) is 45.4 Å². The van der Waals surface area contributed by atoms with E-state index in [1.165, 1.54) is 6.08 Å². The molecular weight excluding hydrogens is 332 g/mol. The van der Waals surface area contributed by atoms with Crippen LogP contribution in [0.2, 0.25) is 0 Å². The second kappa shape index (κ2) is 12.3. The molecule has 0 saturated heterocycles. The van der Waals surface area contributed by atoms with Crippen molar-refractivity contribution >= 4 is 23.4 Å². The molecule has 3 nitrogen and oxygen atoms in total. The highest BCUT2D eigenvalue weighted by Crippen LogP contribution is 2.27. The molecule has 0 unspecified atom stereocenters. The lowest BCUT2D eigenvalue weighted by Crippen LogP contribution is -1.99. The number of hydrogen-bond donors (Lipinski definition) is 0. The minimum atomic E-state index is -0.307. The van der Waals surface area contributed by atoms with Crippen LogP contribution in [0.5, 0.6) is 5.75 Å². The van der Waals surface area contributed by atoms with Gasteiger partial charge in [0.15, 0.2) is 0 Å². The van der Waals surface area contributed by atoms with Gasteiger partial charge in [0.2, 0.25) is 0 Å². The highest BCUT2D eigenvalue weighted by molar-refractivity contribution is 7.11. The van der Waals surface area contributed by atoms with E-state index < -0.39 is 0 Å². The van der Waals surface area contributed by atoms with E-state index in [1.54, 1.807) is 18.3 Å². The summed E-state index contributed by atoms with van der Waals surface area (Å²) in [5.74, 6) is 0.643. The van der Waals surface area contributed by atoms with E-state index in [0.717, 1.165) is 41.2 Å². The van der Waals surface area contributed by atoms with E-state index in [-0.39, 0.29) is 5.97 Å². The first-order chi connectivity index (χ1) is 12.1. The summed E-state index contributed by atoms with van der Waals surface area (Å²) in [5, 5.41) is 2.05. The quantitative estimate of drug-likeness (QED) is 0.224. The first-order valence-corrected chi connectivity index (χ1v) is 9.53. The smallest absolute Gasteiger partial charge is 0.330 e. The van der Waals surface area contributed by atoms with Crippen LogP contribution in [0.25, 0.3) is 6.08 Å². The fourth-order valence-electron chi connectivity index (χ4n) is 1.91. The lowest BCUT2D eigenvalue weighted by atomic mass is 10.2. The van der Waals surface area contributed by atoms with Crippen molar-refractivity contribution in [3.8, 4) is 5.75 Å². The highest BCUT2D eigenvalue weighted by Gasteiger charge is 2.01. The lowest BCUT2D eigenvalue weighted by Gasteiger charge is -2.03. The van der Waals surface area contributed by atoms with Gasteiger partial charge in [-0.3, -0.25) is 0 Å². The Morgan fingerprint density at radius 1 is 1.20 bits per heavy atom. The summed E-state index contributed by atoms with van der Waals surface area (Å²) >= 11 is 1.67. The zero-order chi connectivity index (χ0) is 18.5. The minimum Gasteiger partial charge on any atom is -0.492 e. The molecular formula is C21H28O3S. The third-order valence-electron chi connectivity index (χ3n) is 3.26. The number of hydrogen-bond acceptors (Lipinski definition) is 4. The van der Waals surface area contributed by atoms with Crippen molar-refractivity contribution in [1.82, 2.24) is 0 Å². The van der Waals surface area contributed by atoms with E-state index in [4.69, 9.17) is 9.47 Å². The van der Waals surface area contributed by atoms with Gasteiger partial charge in [0.25, 0.3) is 0 Å². The molecule has 0 aliphatic rings. The van der Waals surface area contributed by atoms with Gasteiger partial charge in [-0.25, -0.2) is 4.79 Å². The molecule has 25 heavy (non-hydrogen) atoms. The van der Waals surface area contributed by atoms with Crippen LogP contribution in [0.4, 0.5) is 0 Å². The molecule has 0 spiro atoms. The van der Waals surface area contributed by atoms with Crippen LogP contribution < -0.4 is 4.74 Å². The van der Waals surface area contributed by atoms with Crippen molar-refractivity contribution in [3.63, 3.8) is 0 Å². The predicted octanol–water partition coefficient (Wildman–Crippen LogP) is 5.95. The Bertz CT molecular complexity index is 648. The van der Waals surface area contributed by atoms with Crippen LogP contribution in [-0.4, -0.2) is 19.2 Å². The number of carbonyl (C=O) groups is 1. The Balaban J connectivity index is 2.60. The Kier molecular flexibility index (Phi) is 10.3. The summed E-state index contributed by atoms with van der Waals surface area (Å²) in [6.07, 6.45) is 13.7. The third-order valence-corrected chi connectivity index (χ3v) is 4.12. The Morgan fingerprint density at radius 3 is 2.72 bits per heavy atom. The van der Waals surface area contributed by atoms with E-state index in [0.29, 0.717) is 6.61 Å². The molecule has 1 aromatic rings. The SMILES string of the molecule is CCCCOc1ccsc1/C=C/C(C)=C/C=C/C(C)=C/C(=O)OCC. The van der Waals surface area contributed by atoms with Gasteiger partial charge < -0.3 is 9.47 Å². The van der Waals surface area contributed by atoms with Gasteiger partial charge in [0.1, 0.15) is 5.75 Å². The molecule has 0 aromatic carbocycles. The largest absolute Gasteiger partial charge is 0.492 e. The second-order valence-electron chi connectivity index (χ2n) is 5.59. The van der Waals surface area contributed by atoms with Gasteiger partial charge in [-0.2, -0.15) is 0 Å². The zero-order valence-corrected chi connectivity index (χ0v) is 16.4. The zero-order valence-electron chi connectivity index (χ0n) is 15.6. The molecule has 0 aliphatic heterocycles. The van der Waals surface area contributed by atoms with Crippen LogP contribution in [0.3, 0.4) is 0 Å². The summed E-state index contributed by atoms with van der Waals surface area (Å²) < 4.78 is 10.7. The van der Waals surface area contributed by atoms with E-state index >= 15 is 0 Å². The van der Waals surface area contributed by atoms with Crippen LogP contribution in [-0.2, 0) is 9.53 Å². The number of allylic oxidation sites excluding steroid dienone is 6. The van der Waals surface area contributed by atoms with Crippen molar-refractivity contribution in [2.75, 3.05) is 13.2 Å². The predicted molar refractivity (Wildman–Crippen MR) is 107 cm³/mol. The van der Waals surface area contributed by atoms with Gasteiger partial charge in [-0.05, 0) is 50.3 Å². The molecule has 0 bridgehead atoms. The molecule has 1 rings (SSSR count). The standard InChI is InChI=1S/C21H28O3S/c1-5-7-14-24-19-13-15-25-20(19)12-11-17(3)9-8-10-18(4)16-21(22)23-6-2/h8-13,15-16H,5-7,14H2,1-4H3/b10-8+,12-11+,17-9+,18-16+. The average molecular weight is 361 g/mol. The summed E-state index contributed by atoms with van der Waals surface area (Å²) in [7, 11) is 0. The summed E-state index contributed by atoms with van der Waals surface area (Å²) in [4.78, 5) is 12.5. The number of unbranched alkanes of at least 4 members (excludes halogenated alkanes) is 1. The number of esters is 1. The van der Waals surface area contributed by atoms with E-state index in [2.05, 4.69) is 19.1 Å². The summed E-state index contributed by atoms with van der Waals surface area (Å²) in [5.41, 5.74) is 1.98. The first-order valence-electron chi connectivity index (χ1n) is 8.65. The first kappa shape index (κ1) is 21.0.